The first-order chi connectivity index (χ1) is 8.74. The molecule has 8 heteroatoms. The van der Waals surface area contributed by atoms with Gasteiger partial charge in [0.05, 0.1) is 11.5 Å². The Bertz CT molecular complexity index is 681. The maximum absolute atomic E-state index is 12.4. The van der Waals surface area contributed by atoms with Crippen LogP contribution in [0, 0.1) is 0 Å². The predicted molar refractivity (Wildman–Crippen MR) is 70.1 cm³/mol. The third kappa shape index (κ3) is 2.75. The minimum atomic E-state index is -3.87. The van der Waals surface area contributed by atoms with Gasteiger partial charge in [0, 0.05) is 12.6 Å². The second-order valence-electron chi connectivity index (χ2n) is 4.55. The van der Waals surface area contributed by atoms with Gasteiger partial charge in [0.2, 0.25) is 10.0 Å². The van der Waals surface area contributed by atoms with Gasteiger partial charge >= 0.3 is 0 Å². The molecule has 0 aromatic heterocycles. The number of nitrogens with zero attached hydrogens (tertiary/aromatic N) is 1. The highest BCUT2D eigenvalue weighted by atomic mass is 32.2. The molecule has 0 aliphatic carbocycles. The van der Waals surface area contributed by atoms with Gasteiger partial charge in [-0.2, -0.15) is 4.31 Å². The highest BCUT2D eigenvalue weighted by Crippen LogP contribution is 2.28. The van der Waals surface area contributed by atoms with E-state index in [1.807, 2.05) is 0 Å². The molecule has 2 rings (SSSR count). The zero-order valence-electron chi connectivity index (χ0n) is 10.4. The Balaban J connectivity index is 2.39. The number of sulfonamides is 1. The number of aromatic hydroxyl groups is 1. The Labute approximate surface area is 112 Å². The lowest BCUT2D eigenvalue weighted by Gasteiger charge is -2.32. The molecule has 19 heavy (non-hydrogen) atoms. The van der Waals surface area contributed by atoms with E-state index in [0.29, 0.717) is 0 Å². The summed E-state index contributed by atoms with van der Waals surface area (Å²) in [6, 6.07) is 5.00. The van der Waals surface area contributed by atoms with Crippen molar-refractivity contribution >= 4 is 19.9 Å². The molecule has 1 fully saturated rings. The minimum Gasteiger partial charge on any atom is -0.507 e. The lowest BCUT2D eigenvalue weighted by Crippen LogP contribution is -2.49. The summed E-state index contributed by atoms with van der Waals surface area (Å²) in [7, 11) is -7.06. The van der Waals surface area contributed by atoms with Crippen molar-refractivity contribution in [3.63, 3.8) is 0 Å². The van der Waals surface area contributed by atoms with Crippen molar-refractivity contribution < 1.29 is 21.9 Å². The van der Waals surface area contributed by atoms with Crippen LogP contribution in [-0.2, 0) is 19.9 Å². The van der Waals surface area contributed by atoms with Gasteiger partial charge in [-0.3, -0.25) is 0 Å². The van der Waals surface area contributed by atoms with E-state index in [4.69, 9.17) is 0 Å². The van der Waals surface area contributed by atoms with E-state index in [1.54, 1.807) is 6.92 Å². The van der Waals surface area contributed by atoms with Crippen LogP contribution in [0.1, 0.15) is 6.92 Å². The van der Waals surface area contributed by atoms with Crippen molar-refractivity contribution in [2.75, 3.05) is 18.1 Å². The van der Waals surface area contributed by atoms with Gasteiger partial charge < -0.3 is 5.11 Å². The van der Waals surface area contributed by atoms with Crippen molar-refractivity contribution in [3.8, 4) is 5.75 Å². The lowest BCUT2D eigenvalue weighted by molar-refractivity contribution is 0.354. The molecule has 1 atom stereocenters. The maximum atomic E-state index is 12.4. The van der Waals surface area contributed by atoms with Gasteiger partial charge in [-0.05, 0) is 19.1 Å². The molecular formula is C11H15NO5S2. The normalized spacial score (nSPS) is 24.2. The van der Waals surface area contributed by atoms with Gasteiger partial charge in [-0.1, -0.05) is 12.1 Å². The molecule has 6 nitrogen and oxygen atoms in total. The molecule has 1 N–H and O–H groups in total. The standard InChI is InChI=1S/C11H15NO5S2/c1-9-8-18(14,15)7-6-12(9)19(16,17)11-5-3-2-4-10(11)13/h2-5,9,13H,6-8H2,1H3. The van der Waals surface area contributed by atoms with Crippen LogP contribution in [0.2, 0.25) is 0 Å². The SMILES string of the molecule is CC1CS(=O)(=O)CCN1S(=O)(=O)c1ccccc1O. The van der Waals surface area contributed by atoms with Crippen LogP contribution in [0.5, 0.6) is 5.75 Å². The smallest absolute Gasteiger partial charge is 0.247 e. The maximum Gasteiger partial charge on any atom is 0.247 e. The zero-order chi connectivity index (χ0) is 14.3. The van der Waals surface area contributed by atoms with Gasteiger partial charge in [0.25, 0.3) is 0 Å². The third-order valence-corrected chi connectivity index (χ3v) is 6.92. The predicted octanol–water partition coefficient (Wildman–Crippen LogP) is 0.200. The molecule has 0 spiro atoms. The van der Waals surface area contributed by atoms with Gasteiger partial charge in [0.1, 0.15) is 10.6 Å². The quantitative estimate of drug-likeness (QED) is 0.842. The molecule has 1 heterocycles. The van der Waals surface area contributed by atoms with E-state index in [-0.39, 0.29) is 28.7 Å². The first kappa shape index (κ1) is 14.3. The van der Waals surface area contributed by atoms with Crippen LogP contribution in [0.15, 0.2) is 29.2 Å². The summed E-state index contributed by atoms with van der Waals surface area (Å²) < 4.78 is 48.9. The summed E-state index contributed by atoms with van der Waals surface area (Å²) in [6.45, 7) is 1.47. The van der Waals surface area contributed by atoms with Crippen LogP contribution >= 0.6 is 0 Å². The molecule has 0 saturated carbocycles. The van der Waals surface area contributed by atoms with E-state index >= 15 is 0 Å². The largest absolute Gasteiger partial charge is 0.507 e. The highest BCUT2D eigenvalue weighted by molar-refractivity contribution is 7.92. The Morgan fingerprint density at radius 3 is 2.53 bits per heavy atom. The minimum absolute atomic E-state index is 0.0832. The van der Waals surface area contributed by atoms with E-state index < -0.39 is 25.9 Å². The second kappa shape index (κ2) is 4.77. The Morgan fingerprint density at radius 2 is 1.95 bits per heavy atom. The summed E-state index contributed by atoms with van der Waals surface area (Å²) in [5, 5.41) is 9.64. The molecule has 1 aromatic carbocycles. The third-order valence-electron chi connectivity index (χ3n) is 3.06. The molecular weight excluding hydrogens is 290 g/mol. The fourth-order valence-electron chi connectivity index (χ4n) is 2.14. The Kier molecular flexibility index (Phi) is 3.59. The summed E-state index contributed by atoms with van der Waals surface area (Å²) in [6.07, 6.45) is 0. The van der Waals surface area contributed by atoms with E-state index in [9.17, 15) is 21.9 Å². The summed E-state index contributed by atoms with van der Waals surface area (Å²) in [4.78, 5) is -0.193. The fourth-order valence-corrected chi connectivity index (χ4v) is 5.62. The number of sulfone groups is 1. The monoisotopic (exact) mass is 305 g/mol. The van der Waals surface area contributed by atoms with Gasteiger partial charge in [-0.25, -0.2) is 16.8 Å². The number of benzene rings is 1. The zero-order valence-corrected chi connectivity index (χ0v) is 12.0. The number of rotatable bonds is 2. The number of para-hydroxylation sites is 1. The number of phenolic OH excluding ortho intramolecular Hbond substituents is 1. The molecule has 1 aromatic rings. The molecule has 0 amide bonds. The highest BCUT2D eigenvalue weighted by Gasteiger charge is 2.37. The molecule has 1 unspecified atom stereocenters. The van der Waals surface area contributed by atoms with Crippen LogP contribution in [0.4, 0.5) is 0 Å². The van der Waals surface area contributed by atoms with Crippen LogP contribution in [0.3, 0.4) is 0 Å². The van der Waals surface area contributed by atoms with Crippen LogP contribution in [0.25, 0.3) is 0 Å². The Morgan fingerprint density at radius 1 is 1.32 bits per heavy atom. The summed E-state index contributed by atoms with van der Waals surface area (Å²) in [5.74, 6) is -0.715. The number of hydrogen-bond acceptors (Lipinski definition) is 5. The first-order valence-corrected chi connectivity index (χ1v) is 9.00. The van der Waals surface area contributed by atoms with Crippen molar-refractivity contribution in [2.24, 2.45) is 0 Å². The van der Waals surface area contributed by atoms with Gasteiger partial charge in [0.15, 0.2) is 9.84 Å². The lowest BCUT2D eigenvalue weighted by atomic mass is 10.3. The molecule has 0 radical (unpaired) electrons. The van der Waals surface area contributed by atoms with Crippen molar-refractivity contribution in [3.05, 3.63) is 24.3 Å². The molecule has 106 valence electrons. The molecule has 1 aliphatic rings. The summed E-state index contributed by atoms with van der Waals surface area (Å²) >= 11 is 0. The average Bonchev–Trinajstić information content (AvgIpc) is 2.27. The number of hydrogen-bond donors (Lipinski definition) is 1. The molecule has 1 saturated heterocycles. The van der Waals surface area contributed by atoms with Crippen LogP contribution in [-0.4, -0.2) is 50.3 Å². The molecule has 0 bridgehead atoms. The fraction of sp³-hybridized carbons (Fsp3) is 0.455. The van der Waals surface area contributed by atoms with Crippen LogP contribution < -0.4 is 0 Å². The molecule has 1 aliphatic heterocycles. The topological polar surface area (TPSA) is 91.8 Å². The first-order valence-electron chi connectivity index (χ1n) is 5.74. The number of phenols is 1. The van der Waals surface area contributed by atoms with Crippen molar-refractivity contribution in [1.82, 2.24) is 4.31 Å². The second-order valence-corrected chi connectivity index (χ2v) is 8.63. The van der Waals surface area contributed by atoms with Crippen molar-refractivity contribution in [1.29, 1.82) is 0 Å². The van der Waals surface area contributed by atoms with Crippen molar-refractivity contribution in [2.45, 2.75) is 17.9 Å². The van der Waals surface area contributed by atoms with E-state index in [1.165, 1.54) is 24.3 Å². The average molecular weight is 305 g/mol. The Hall–Kier alpha value is -1.12. The van der Waals surface area contributed by atoms with E-state index in [2.05, 4.69) is 0 Å². The van der Waals surface area contributed by atoms with Gasteiger partial charge in [-0.15, -0.1) is 0 Å². The van der Waals surface area contributed by atoms with E-state index in [0.717, 1.165) is 4.31 Å². The summed E-state index contributed by atoms with van der Waals surface area (Å²) in [5.41, 5.74) is 0.